The number of hydrogen-bond donors (Lipinski definition) is 2. The maximum Gasteiger partial charge on any atom is 0.246 e. The van der Waals surface area contributed by atoms with E-state index >= 15 is 0 Å². The molecule has 2 atom stereocenters. The van der Waals surface area contributed by atoms with Gasteiger partial charge in [-0.25, -0.2) is 0 Å². The molecule has 3 rings (SSSR count). The number of benzene rings is 3. The fourth-order valence-electron chi connectivity index (χ4n) is 3.12. The Balaban J connectivity index is 1.74. The van der Waals surface area contributed by atoms with Crippen molar-refractivity contribution in [3.8, 4) is 5.75 Å². The van der Waals surface area contributed by atoms with Gasteiger partial charge in [-0.15, -0.1) is 0 Å². The summed E-state index contributed by atoms with van der Waals surface area (Å²) in [7, 11) is 1.61. The Bertz CT molecular complexity index is 881. The second-order valence-corrected chi connectivity index (χ2v) is 6.78. The summed E-state index contributed by atoms with van der Waals surface area (Å²) in [6.45, 7) is 2.85. The average Bonchev–Trinajstić information content (AvgIpc) is 2.75. The lowest BCUT2D eigenvalue weighted by Crippen LogP contribution is -2.35. The number of hydrogen-bond acceptors (Lipinski definition) is 3. The molecule has 3 aromatic carbocycles. The minimum Gasteiger partial charge on any atom is -0.497 e. The molecule has 0 unspecified atom stereocenters. The minimum atomic E-state index is -0.446. The van der Waals surface area contributed by atoms with E-state index in [-0.39, 0.29) is 11.8 Å². The summed E-state index contributed by atoms with van der Waals surface area (Å²) in [4.78, 5) is 13.0. The van der Waals surface area contributed by atoms with Gasteiger partial charge in [0.15, 0.2) is 0 Å². The van der Waals surface area contributed by atoms with E-state index in [9.17, 15) is 4.79 Å². The van der Waals surface area contributed by atoms with E-state index in [0.717, 1.165) is 5.56 Å². The molecule has 4 nitrogen and oxygen atoms in total. The molecular weight excluding hydrogens is 348 g/mol. The predicted octanol–water partition coefficient (Wildman–Crippen LogP) is 4.77. The fourth-order valence-corrected chi connectivity index (χ4v) is 3.12. The number of anilines is 1. The molecule has 2 N–H and O–H groups in total. The highest BCUT2D eigenvalue weighted by Gasteiger charge is 2.21. The second kappa shape index (κ2) is 9.72. The van der Waals surface area contributed by atoms with Crippen molar-refractivity contribution in [3.63, 3.8) is 0 Å². The van der Waals surface area contributed by atoms with Crippen LogP contribution in [0.25, 0.3) is 0 Å². The molecule has 0 radical (unpaired) electrons. The van der Waals surface area contributed by atoms with E-state index in [2.05, 4.69) is 29.7 Å². The van der Waals surface area contributed by atoms with E-state index < -0.39 is 6.04 Å². The van der Waals surface area contributed by atoms with Gasteiger partial charge in [0.25, 0.3) is 0 Å². The molecule has 0 saturated heterocycles. The van der Waals surface area contributed by atoms with Crippen molar-refractivity contribution in [2.45, 2.75) is 18.9 Å². The lowest BCUT2D eigenvalue weighted by molar-refractivity contribution is -0.118. The van der Waals surface area contributed by atoms with Crippen LogP contribution in [0.15, 0.2) is 84.9 Å². The topological polar surface area (TPSA) is 50.4 Å². The summed E-state index contributed by atoms with van der Waals surface area (Å²) in [5, 5.41) is 6.44. The van der Waals surface area contributed by atoms with Crippen LogP contribution in [0.2, 0.25) is 0 Å². The number of methoxy groups -OCH3 is 1. The van der Waals surface area contributed by atoms with E-state index in [1.807, 2.05) is 72.8 Å². The molecule has 0 bridgehead atoms. The Labute approximate surface area is 166 Å². The van der Waals surface area contributed by atoms with Crippen LogP contribution < -0.4 is 15.4 Å². The van der Waals surface area contributed by atoms with E-state index in [4.69, 9.17) is 4.74 Å². The van der Waals surface area contributed by atoms with Crippen LogP contribution >= 0.6 is 0 Å². The van der Waals surface area contributed by atoms with E-state index in [1.54, 1.807) is 7.11 Å². The number of carbonyl (C=O) groups is 1. The number of carbonyl (C=O) groups excluding carboxylic acids is 1. The van der Waals surface area contributed by atoms with Crippen molar-refractivity contribution in [3.05, 3.63) is 96.1 Å². The Morgan fingerprint density at radius 1 is 0.893 bits per heavy atom. The van der Waals surface area contributed by atoms with Crippen LogP contribution in [0.3, 0.4) is 0 Å². The van der Waals surface area contributed by atoms with Crippen molar-refractivity contribution in [2.75, 3.05) is 19.0 Å². The first kappa shape index (κ1) is 19.6. The zero-order valence-electron chi connectivity index (χ0n) is 16.3. The van der Waals surface area contributed by atoms with Gasteiger partial charge >= 0.3 is 0 Å². The molecule has 0 aliphatic carbocycles. The van der Waals surface area contributed by atoms with Gasteiger partial charge in [-0.1, -0.05) is 73.7 Å². The van der Waals surface area contributed by atoms with Gasteiger partial charge in [-0.3, -0.25) is 4.79 Å². The van der Waals surface area contributed by atoms with Gasteiger partial charge in [0, 0.05) is 18.3 Å². The van der Waals surface area contributed by atoms with Crippen molar-refractivity contribution in [1.82, 2.24) is 5.32 Å². The maximum atomic E-state index is 13.0. The lowest BCUT2D eigenvalue weighted by atomic mass is 9.99. The molecule has 1 amide bonds. The Morgan fingerprint density at radius 2 is 1.54 bits per heavy atom. The largest absolute Gasteiger partial charge is 0.497 e. The lowest BCUT2D eigenvalue weighted by Gasteiger charge is -2.22. The molecule has 0 aliphatic heterocycles. The third-order valence-electron chi connectivity index (χ3n) is 4.73. The van der Waals surface area contributed by atoms with Crippen LogP contribution in [0.1, 0.15) is 30.0 Å². The first-order valence-electron chi connectivity index (χ1n) is 9.45. The summed E-state index contributed by atoms with van der Waals surface area (Å²) < 4.78 is 5.24. The Hall–Kier alpha value is -3.11. The quantitative estimate of drug-likeness (QED) is 0.597. The standard InChI is InChI=1S/C24H26N2O2/c1-18(19-10-5-3-6-11-19)17-25-23(20-12-7-4-8-13-20)24(27)26-21-14-9-15-22(16-21)28-2/h3-16,18,23,25H,17H2,1-2H3,(H,26,27)/t18-,23+/m1/s1. The molecule has 0 aliphatic rings. The number of rotatable bonds is 8. The van der Waals surface area contributed by atoms with Gasteiger partial charge in [-0.2, -0.15) is 0 Å². The first-order chi connectivity index (χ1) is 13.7. The maximum absolute atomic E-state index is 13.0. The highest BCUT2D eigenvalue weighted by atomic mass is 16.5. The van der Waals surface area contributed by atoms with Crippen molar-refractivity contribution < 1.29 is 9.53 Å². The summed E-state index contributed by atoms with van der Waals surface area (Å²) in [5.41, 5.74) is 2.89. The zero-order valence-corrected chi connectivity index (χ0v) is 16.3. The van der Waals surface area contributed by atoms with Gasteiger partial charge in [0.05, 0.1) is 7.11 Å². The van der Waals surface area contributed by atoms with Gasteiger partial charge in [0.1, 0.15) is 11.8 Å². The molecule has 0 heterocycles. The normalized spacial score (nSPS) is 12.8. The molecule has 144 valence electrons. The summed E-state index contributed by atoms with van der Waals surface area (Å²) in [6, 6.07) is 27.0. The van der Waals surface area contributed by atoms with Crippen LogP contribution in [0, 0.1) is 0 Å². The number of amides is 1. The Morgan fingerprint density at radius 3 is 2.18 bits per heavy atom. The highest BCUT2D eigenvalue weighted by Crippen LogP contribution is 2.21. The molecule has 0 spiro atoms. The minimum absolute atomic E-state index is 0.0975. The van der Waals surface area contributed by atoms with Crippen LogP contribution in [-0.2, 0) is 4.79 Å². The number of nitrogens with one attached hydrogen (secondary N) is 2. The van der Waals surface area contributed by atoms with Crippen LogP contribution in [0.4, 0.5) is 5.69 Å². The highest BCUT2D eigenvalue weighted by molar-refractivity contribution is 5.95. The fraction of sp³-hybridized carbons (Fsp3) is 0.208. The summed E-state index contributed by atoms with van der Waals surface area (Å²) in [6.07, 6.45) is 0. The molecule has 0 fully saturated rings. The molecule has 28 heavy (non-hydrogen) atoms. The molecule has 3 aromatic rings. The molecule has 0 saturated carbocycles. The molecule has 0 aromatic heterocycles. The van der Waals surface area contributed by atoms with Crippen LogP contribution in [-0.4, -0.2) is 19.6 Å². The smallest absolute Gasteiger partial charge is 0.246 e. The summed E-state index contributed by atoms with van der Waals surface area (Å²) in [5.74, 6) is 0.900. The third kappa shape index (κ3) is 5.21. The SMILES string of the molecule is COc1cccc(NC(=O)[C@@H](NC[C@@H](C)c2ccccc2)c2ccccc2)c1. The van der Waals surface area contributed by atoms with Crippen LogP contribution in [0.5, 0.6) is 5.75 Å². The zero-order chi connectivity index (χ0) is 19.8. The summed E-state index contributed by atoms with van der Waals surface area (Å²) >= 11 is 0. The Kier molecular flexibility index (Phi) is 6.82. The van der Waals surface area contributed by atoms with E-state index in [0.29, 0.717) is 18.0 Å². The van der Waals surface area contributed by atoms with Crippen molar-refractivity contribution >= 4 is 11.6 Å². The molecule has 4 heteroatoms. The molecular formula is C24H26N2O2. The monoisotopic (exact) mass is 374 g/mol. The van der Waals surface area contributed by atoms with Gasteiger partial charge in [-0.05, 0) is 29.2 Å². The van der Waals surface area contributed by atoms with E-state index in [1.165, 1.54) is 5.56 Å². The van der Waals surface area contributed by atoms with Gasteiger partial charge in [0.2, 0.25) is 5.91 Å². The predicted molar refractivity (Wildman–Crippen MR) is 114 cm³/mol. The first-order valence-corrected chi connectivity index (χ1v) is 9.45. The third-order valence-corrected chi connectivity index (χ3v) is 4.73. The van der Waals surface area contributed by atoms with Gasteiger partial charge < -0.3 is 15.4 Å². The average molecular weight is 374 g/mol. The van der Waals surface area contributed by atoms with Crippen molar-refractivity contribution in [2.24, 2.45) is 0 Å². The second-order valence-electron chi connectivity index (χ2n) is 6.78. The van der Waals surface area contributed by atoms with Crippen molar-refractivity contribution in [1.29, 1.82) is 0 Å². The number of ether oxygens (including phenoxy) is 1.